The molecule has 0 aliphatic rings. The Labute approximate surface area is 136 Å². The Morgan fingerprint density at radius 1 is 0.955 bits per heavy atom. The maximum atomic E-state index is 11.7. The van der Waals surface area contributed by atoms with Crippen LogP contribution in [0.4, 0.5) is 5.69 Å². The fourth-order valence-electron chi connectivity index (χ4n) is 1.49. The summed E-state index contributed by atoms with van der Waals surface area (Å²) < 4.78 is 7.54. The number of para-hydroxylation sites is 1. The van der Waals surface area contributed by atoms with Crippen LogP contribution in [-0.2, 0) is 9.59 Å². The Bertz CT molecular complexity index is 633. The van der Waals surface area contributed by atoms with Gasteiger partial charge in [0.15, 0.2) is 0 Å². The van der Waals surface area contributed by atoms with E-state index in [2.05, 4.69) is 10.0 Å². The number of rotatable bonds is 5. The highest BCUT2D eigenvalue weighted by atomic mass is 33.1. The van der Waals surface area contributed by atoms with Crippen molar-refractivity contribution in [1.29, 1.82) is 0 Å². The summed E-state index contributed by atoms with van der Waals surface area (Å²) >= 11 is 0. The zero-order valence-electron chi connectivity index (χ0n) is 11.7. The van der Waals surface area contributed by atoms with Crippen molar-refractivity contribution in [2.75, 3.05) is 12.4 Å². The first kappa shape index (κ1) is 16.3. The van der Waals surface area contributed by atoms with Crippen molar-refractivity contribution in [2.24, 2.45) is 0 Å². The Morgan fingerprint density at radius 3 is 2.27 bits per heavy atom. The van der Waals surface area contributed by atoms with Crippen molar-refractivity contribution in [3.05, 3.63) is 54.6 Å². The van der Waals surface area contributed by atoms with E-state index in [1.165, 1.54) is 10.8 Å². The van der Waals surface area contributed by atoms with Crippen LogP contribution in [0.15, 0.2) is 59.5 Å². The predicted octanol–water partition coefficient (Wildman–Crippen LogP) is 3.11. The van der Waals surface area contributed by atoms with Gasteiger partial charge in [-0.05, 0) is 47.2 Å². The SMILES string of the molecule is COc1ccc(SSNC(=O)C(=O)Nc2ccccc2)cc1. The van der Waals surface area contributed by atoms with Gasteiger partial charge in [-0.2, -0.15) is 0 Å². The summed E-state index contributed by atoms with van der Waals surface area (Å²) in [6, 6.07) is 16.2. The monoisotopic (exact) mass is 334 g/mol. The zero-order valence-corrected chi connectivity index (χ0v) is 13.4. The van der Waals surface area contributed by atoms with Crippen LogP contribution in [0.2, 0.25) is 0 Å². The molecule has 0 saturated heterocycles. The van der Waals surface area contributed by atoms with E-state index in [9.17, 15) is 9.59 Å². The van der Waals surface area contributed by atoms with Gasteiger partial charge in [-0.1, -0.05) is 18.2 Å². The molecule has 0 aromatic heterocycles. The van der Waals surface area contributed by atoms with Crippen LogP contribution in [0.1, 0.15) is 0 Å². The maximum absolute atomic E-state index is 11.7. The van der Waals surface area contributed by atoms with Crippen molar-refractivity contribution >= 4 is 39.3 Å². The number of methoxy groups -OCH3 is 1. The highest BCUT2D eigenvalue weighted by Gasteiger charge is 2.13. The molecule has 2 N–H and O–H groups in total. The fraction of sp³-hybridized carbons (Fsp3) is 0.0667. The maximum Gasteiger partial charge on any atom is 0.320 e. The summed E-state index contributed by atoms with van der Waals surface area (Å²) in [5.74, 6) is -0.635. The van der Waals surface area contributed by atoms with Crippen molar-refractivity contribution in [1.82, 2.24) is 4.72 Å². The highest BCUT2D eigenvalue weighted by Crippen LogP contribution is 2.29. The van der Waals surface area contributed by atoms with Gasteiger partial charge in [0.1, 0.15) is 5.75 Å². The van der Waals surface area contributed by atoms with Gasteiger partial charge < -0.3 is 10.1 Å². The van der Waals surface area contributed by atoms with Crippen molar-refractivity contribution < 1.29 is 14.3 Å². The average molecular weight is 334 g/mol. The molecule has 0 heterocycles. The molecule has 0 radical (unpaired) electrons. The Morgan fingerprint density at radius 2 is 1.64 bits per heavy atom. The van der Waals surface area contributed by atoms with Crippen LogP contribution in [0.5, 0.6) is 5.75 Å². The lowest BCUT2D eigenvalue weighted by Crippen LogP contribution is -2.30. The van der Waals surface area contributed by atoms with E-state index in [0.717, 1.165) is 21.6 Å². The first-order chi connectivity index (χ1) is 10.7. The Kier molecular flexibility index (Phi) is 6.17. The number of carbonyl (C=O) groups excluding carboxylic acids is 2. The molecule has 5 nitrogen and oxygen atoms in total. The number of hydrogen-bond acceptors (Lipinski definition) is 5. The lowest BCUT2D eigenvalue weighted by molar-refractivity contribution is -0.134. The quantitative estimate of drug-likeness (QED) is 0.500. The minimum atomic E-state index is -0.700. The van der Waals surface area contributed by atoms with Gasteiger partial charge in [-0.3, -0.25) is 14.3 Å². The first-order valence-corrected chi connectivity index (χ1v) is 8.48. The fourth-order valence-corrected chi connectivity index (χ4v) is 3.02. The highest BCUT2D eigenvalue weighted by molar-refractivity contribution is 8.76. The number of carbonyl (C=O) groups is 2. The van der Waals surface area contributed by atoms with Gasteiger partial charge in [-0.25, -0.2) is 0 Å². The second-order valence-corrected chi connectivity index (χ2v) is 6.10. The molecule has 2 aromatic carbocycles. The van der Waals surface area contributed by atoms with Crippen molar-refractivity contribution in [2.45, 2.75) is 4.90 Å². The van der Waals surface area contributed by atoms with Gasteiger partial charge in [0, 0.05) is 21.6 Å². The summed E-state index contributed by atoms with van der Waals surface area (Å²) in [6.45, 7) is 0. The van der Waals surface area contributed by atoms with E-state index >= 15 is 0 Å². The summed E-state index contributed by atoms with van der Waals surface area (Å²) in [5, 5.41) is 2.52. The lowest BCUT2D eigenvalue weighted by Gasteiger charge is -2.05. The standard InChI is InChI=1S/C15H14N2O3S2/c1-20-12-7-9-13(10-8-12)21-22-17-15(19)14(18)16-11-5-3-2-4-6-11/h2-10H,1H3,(H,16,18)(H,17,19). The normalized spacial score (nSPS) is 9.86. The molecular formula is C15H14N2O3S2. The van der Waals surface area contributed by atoms with Crippen LogP contribution < -0.4 is 14.8 Å². The van der Waals surface area contributed by atoms with Crippen LogP contribution in [-0.4, -0.2) is 18.9 Å². The summed E-state index contributed by atoms with van der Waals surface area (Å²) in [4.78, 5) is 24.3. The van der Waals surface area contributed by atoms with E-state index in [4.69, 9.17) is 4.74 Å². The number of ether oxygens (including phenoxy) is 1. The Hall–Kier alpha value is -2.12. The van der Waals surface area contributed by atoms with E-state index < -0.39 is 11.8 Å². The number of nitrogens with one attached hydrogen (secondary N) is 2. The molecule has 2 amide bonds. The van der Waals surface area contributed by atoms with Gasteiger partial charge in [0.25, 0.3) is 0 Å². The second kappa shape index (κ2) is 8.35. The van der Waals surface area contributed by atoms with Gasteiger partial charge in [-0.15, -0.1) is 0 Å². The van der Waals surface area contributed by atoms with Gasteiger partial charge in [0.05, 0.1) is 7.11 Å². The molecule has 0 bridgehead atoms. The molecule has 0 fully saturated rings. The number of benzene rings is 2. The zero-order chi connectivity index (χ0) is 15.8. The van der Waals surface area contributed by atoms with Crippen molar-refractivity contribution in [3.63, 3.8) is 0 Å². The van der Waals surface area contributed by atoms with Gasteiger partial charge in [0.2, 0.25) is 0 Å². The summed E-state index contributed by atoms with van der Waals surface area (Å²) in [6.07, 6.45) is 0. The number of anilines is 1. The molecule has 0 atom stereocenters. The molecular weight excluding hydrogens is 320 g/mol. The molecule has 0 spiro atoms. The Balaban J connectivity index is 1.76. The largest absolute Gasteiger partial charge is 0.497 e. The molecule has 2 rings (SSSR count). The summed E-state index contributed by atoms with van der Waals surface area (Å²) in [7, 11) is 4.02. The third-order valence-corrected chi connectivity index (χ3v) is 4.46. The second-order valence-electron chi connectivity index (χ2n) is 4.09. The van der Waals surface area contributed by atoms with Gasteiger partial charge >= 0.3 is 11.8 Å². The van der Waals surface area contributed by atoms with Crippen LogP contribution in [0.25, 0.3) is 0 Å². The van der Waals surface area contributed by atoms with E-state index in [-0.39, 0.29) is 0 Å². The molecule has 0 aliphatic carbocycles. The number of hydrogen-bond donors (Lipinski definition) is 2. The van der Waals surface area contributed by atoms with E-state index in [0.29, 0.717) is 5.69 Å². The van der Waals surface area contributed by atoms with E-state index in [1.54, 1.807) is 31.4 Å². The smallest absolute Gasteiger partial charge is 0.320 e. The molecule has 22 heavy (non-hydrogen) atoms. The topological polar surface area (TPSA) is 67.4 Å². The molecule has 0 unspecified atom stereocenters. The predicted molar refractivity (Wildman–Crippen MR) is 89.7 cm³/mol. The summed E-state index contributed by atoms with van der Waals surface area (Å²) in [5.41, 5.74) is 0.579. The average Bonchev–Trinajstić information content (AvgIpc) is 2.56. The molecule has 114 valence electrons. The third-order valence-electron chi connectivity index (χ3n) is 2.57. The minimum absolute atomic E-state index is 0.579. The molecule has 2 aromatic rings. The van der Waals surface area contributed by atoms with E-state index in [1.807, 2.05) is 30.3 Å². The lowest BCUT2D eigenvalue weighted by atomic mass is 10.3. The molecule has 0 aliphatic heterocycles. The first-order valence-electron chi connectivity index (χ1n) is 6.33. The number of amides is 2. The van der Waals surface area contributed by atoms with Crippen LogP contribution in [0, 0.1) is 0 Å². The van der Waals surface area contributed by atoms with Crippen LogP contribution in [0.3, 0.4) is 0 Å². The minimum Gasteiger partial charge on any atom is -0.497 e. The third kappa shape index (κ3) is 5.01. The molecule has 0 saturated carbocycles. The van der Waals surface area contributed by atoms with Crippen molar-refractivity contribution in [3.8, 4) is 5.75 Å². The van der Waals surface area contributed by atoms with Crippen LogP contribution >= 0.6 is 21.8 Å². The molecule has 7 heteroatoms.